The van der Waals surface area contributed by atoms with Gasteiger partial charge >= 0.3 is 0 Å². The smallest absolute Gasteiger partial charge is 0.243 e. The van der Waals surface area contributed by atoms with Crippen LogP contribution in [-0.4, -0.2) is 43.2 Å². The Morgan fingerprint density at radius 3 is 2.43 bits per heavy atom. The second kappa shape index (κ2) is 9.27. The average molecular weight is 433 g/mol. The van der Waals surface area contributed by atoms with Crippen LogP contribution < -0.4 is 0 Å². The zero-order chi connectivity index (χ0) is 21.9. The Morgan fingerprint density at radius 1 is 1.13 bits per heavy atom. The predicted octanol–water partition coefficient (Wildman–Crippen LogP) is 3.93. The first-order valence-electron chi connectivity index (χ1n) is 10.4. The molecule has 0 N–H and O–H groups in total. The molecule has 1 unspecified atom stereocenters. The third-order valence-corrected chi connectivity index (χ3v) is 7.93. The first kappa shape index (κ1) is 22.4. The molecule has 5 nitrogen and oxygen atoms in total. The van der Waals surface area contributed by atoms with Gasteiger partial charge in [0.25, 0.3) is 0 Å². The minimum absolute atomic E-state index is 0.0252. The van der Waals surface area contributed by atoms with Crippen molar-refractivity contribution >= 4 is 15.9 Å². The van der Waals surface area contributed by atoms with Crippen LogP contribution in [0.2, 0.25) is 0 Å². The van der Waals surface area contributed by atoms with Gasteiger partial charge in [-0.25, -0.2) is 12.8 Å². The standard InChI is InChI=1S/C23H29FN2O3S/c1-4-25(5-2)30(28,29)21-11-6-18(7-12-21)8-13-23(27)26-15-14-19-9-10-20(24)16-22(19)17(26)3/h6-7,9-12,16-17H,4-5,8,13-15H2,1-3H3. The number of aryl methyl sites for hydroxylation is 1. The summed E-state index contributed by atoms with van der Waals surface area (Å²) in [6.45, 7) is 7.04. The molecule has 0 bridgehead atoms. The van der Waals surface area contributed by atoms with Crippen LogP contribution in [0.5, 0.6) is 0 Å². The summed E-state index contributed by atoms with van der Waals surface area (Å²) in [4.78, 5) is 14.9. The maximum atomic E-state index is 13.6. The Hall–Kier alpha value is -2.25. The van der Waals surface area contributed by atoms with Crippen molar-refractivity contribution in [1.29, 1.82) is 0 Å². The first-order valence-corrected chi connectivity index (χ1v) is 11.9. The van der Waals surface area contributed by atoms with Gasteiger partial charge in [-0.2, -0.15) is 4.31 Å². The van der Waals surface area contributed by atoms with Gasteiger partial charge in [0.15, 0.2) is 0 Å². The van der Waals surface area contributed by atoms with Gasteiger partial charge in [0, 0.05) is 26.1 Å². The number of carbonyl (C=O) groups excluding carboxylic acids is 1. The zero-order valence-electron chi connectivity index (χ0n) is 17.8. The van der Waals surface area contributed by atoms with Gasteiger partial charge in [0.2, 0.25) is 15.9 Å². The van der Waals surface area contributed by atoms with E-state index in [1.54, 1.807) is 35.2 Å². The molecule has 1 amide bonds. The van der Waals surface area contributed by atoms with E-state index < -0.39 is 10.0 Å². The van der Waals surface area contributed by atoms with E-state index in [-0.39, 0.29) is 22.7 Å². The van der Waals surface area contributed by atoms with Crippen LogP contribution in [0, 0.1) is 5.82 Å². The zero-order valence-corrected chi connectivity index (χ0v) is 18.6. The Labute approximate surface area is 178 Å². The molecule has 0 aromatic heterocycles. The number of amides is 1. The number of hydrogen-bond acceptors (Lipinski definition) is 3. The molecule has 1 heterocycles. The number of fused-ring (bicyclic) bond motifs is 1. The van der Waals surface area contributed by atoms with Gasteiger partial charge in [-0.1, -0.05) is 32.0 Å². The van der Waals surface area contributed by atoms with Crippen LogP contribution in [0.3, 0.4) is 0 Å². The highest BCUT2D eigenvalue weighted by Gasteiger charge is 2.27. The second-order valence-corrected chi connectivity index (χ2v) is 9.53. The SMILES string of the molecule is CCN(CC)S(=O)(=O)c1ccc(CCC(=O)N2CCc3ccc(F)cc3C2C)cc1. The minimum Gasteiger partial charge on any atom is -0.336 e. The molecule has 162 valence electrons. The molecule has 3 rings (SSSR count). The van der Waals surface area contributed by atoms with Crippen molar-refractivity contribution < 1.29 is 17.6 Å². The molecule has 0 saturated carbocycles. The van der Waals surface area contributed by atoms with E-state index in [9.17, 15) is 17.6 Å². The molecule has 0 spiro atoms. The fourth-order valence-corrected chi connectivity index (χ4v) is 5.52. The lowest BCUT2D eigenvalue weighted by Gasteiger charge is -2.35. The van der Waals surface area contributed by atoms with Crippen molar-refractivity contribution in [2.75, 3.05) is 19.6 Å². The summed E-state index contributed by atoms with van der Waals surface area (Å²) in [5, 5.41) is 0. The van der Waals surface area contributed by atoms with E-state index in [1.807, 2.05) is 20.8 Å². The summed E-state index contributed by atoms with van der Waals surface area (Å²) in [6.07, 6.45) is 1.59. The third-order valence-electron chi connectivity index (χ3n) is 5.86. The highest BCUT2D eigenvalue weighted by molar-refractivity contribution is 7.89. The van der Waals surface area contributed by atoms with Crippen molar-refractivity contribution in [2.45, 2.75) is 51.0 Å². The number of nitrogens with zero attached hydrogens (tertiary/aromatic N) is 2. The quantitative estimate of drug-likeness (QED) is 0.666. The van der Waals surface area contributed by atoms with Crippen LogP contribution in [0.25, 0.3) is 0 Å². The maximum absolute atomic E-state index is 13.6. The number of carbonyl (C=O) groups is 1. The molecule has 1 aliphatic heterocycles. The van der Waals surface area contributed by atoms with Crippen molar-refractivity contribution in [2.24, 2.45) is 0 Å². The van der Waals surface area contributed by atoms with Crippen LogP contribution in [0.4, 0.5) is 4.39 Å². The molecule has 0 aliphatic carbocycles. The molecule has 30 heavy (non-hydrogen) atoms. The van der Waals surface area contributed by atoms with Crippen LogP contribution in [-0.2, 0) is 27.7 Å². The Bertz CT molecular complexity index is 1000. The lowest BCUT2D eigenvalue weighted by molar-refractivity contribution is -0.133. The molecule has 0 radical (unpaired) electrons. The molecule has 1 aliphatic rings. The van der Waals surface area contributed by atoms with Gasteiger partial charge in [-0.05, 0) is 60.7 Å². The second-order valence-electron chi connectivity index (χ2n) is 7.59. The number of benzene rings is 2. The molecule has 7 heteroatoms. The van der Waals surface area contributed by atoms with Crippen LogP contribution >= 0.6 is 0 Å². The lowest BCUT2D eigenvalue weighted by Crippen LogP contribution is -2.39. The van der Waals surface area contributed by atoms with E-state index in [0.717, 1.165) is 23.1 Å². The predicted molar refractivity (Wildman–Crippen MR) is 115 cm³/mol. The molecule has 0 saturated heterocycles. The summed E-state index contributed by atoms with van der Waals surface area (Å²) in [5.74, 6) is -0.257. The van der Waals surface area contributed by atoms with Crippen molar-refractivity contribution in [1.82, 2.24) is 9.21 Å². The fourth-order valence-electron chi connectivity index (χ4n) is 4.06. The number of sulfonamides is 1. The summed E-state index contributed by atoms with van der Waals surface area (Å²) in [5.41, 5.74) is 2.89. The normalized spacial score (nSPS) is 16.6. The summed E-state index contributed by atoms with van der Waals surface area (Å²) in [6, 6.07) is 11.4. The van der Waals surface area contributed by atoms with Crippen molar-refractivity contribution in [3.8, 4) is 0 Å². The third kappa shape index (κ3) is 4.57. The minimum atomic E-state index is -3.48. The highest BCUT2D eigenvalue weighted by Crippen LogP contribution is 2.30. The highest BCUT2D eigenvalue weighted by atomic mass is 32.2. The van der Waals surface area contributed by atoms with E-state index in [4.69, 9.17) is 0 Å². The van der Waals surface area contributed by atoms with Crippen molar-refractivity contribution in [3.63, 3.8) is 0 Å². The summed E-state index contributed by atoms with van der Waals surface area (Å²) >= 11 is 0. The van der Waals surface area contributed by atoms with Crippen LogP contribution in [0.1, 0.15) is 49.9 Å². The molecule has 1 atom stereocenters. The summed E-state index contributed by atoms with van der Waals surface area (Å²) in [7, 11) is -3.48. The Balaban J connectivity index is 1.64. The van der Waals surface area contributed by atoms with E-state index in [2.05, 4.69) is 0 Å². The van der Waals surface area contributed by atoms with Gasteiger partial charge in [-0.15, -0.1) is 0 Å². The Kier molecular flexibility index (Phi) is 6.93. The number of hydrogen-bond donors (Lipinski definition) is 0. The van der Waals surface area contributed by atoms with E-state index in [1.165, 1.54) is 16.4 Å². The monoisotopic (exact) mass is 432 g/mol. The van der Waals surface area contributed by atoms with Gasteiger partial charge in [-0.3, -0.25) is 4.79 Å². The number of rotatable bonds is 7. The van der Waals surface area contributed by atoms with E-state index in [0.29, 0.717) is 32.5 Å². The number of halogens is 1. The lowest BCUT2D eigenvalue weighted by atomic mass is 9.93. The molecular formula is C23H29FN2O3S. The Morgan fingerprint density at radius 2 is 1.80 bits per heavy atom. The largest absolute Gasteiger partial charge is 0.336 e. The van der Waals surface area contributed by atoms with Crippen LogP contribution in [0.15, 0.2) is 47.4 Å². The maximum Gasteiger partial charge on any atom is 0.243 e. The molecular weight excluding hydrogens is 403 g/mol. The average Bonchev–Trinajstić information content (AvgIpc) is 2.73. The topological polar surface area (TPSA) is 57.7 Å². The van der Waals surface area contributed by atoms with Gasteiger partial charge in [0.1, 0.15) is 5.82 Å². The van der Waals surface area contributed by atoms with E-state index >= 15 is 0 Å². The van der Waals surface area contributed by atoms with Gasteiger partial charge < -0.3 is 4.90 Å². The van der Waals surface area contributed by atoms with Crippen molar-refractivity contribution in [3.05, 3.63) is 65.0 Å². The molecule has 2 aromatic carbocycles. The molecule has 2 aromatic rings. The molecule has 0 fully saturated rings. The fraction of sp³-hybridized carbons (Fsp3) is 0.435. The van der Waals surface area contributed by atoms with Gasteiger partial charge in [0.05, 0.1) is 10.9 Å². The summed E-state index contributed by atoms with van der Waals surface area (Å²) < 4.78 is 40.2. The first-order chi connectivity index (χ1) is 14.3.